The molecule has 2 rings (SSSR count). The van der Waals surface area contributed by atoms with Gasteiger partial charge in [0.25, 0.3) is 0 Å². The smallest absolute Gasteiger partial charge is 0.416 e. The summed E-state index contributed by atoms with van der Waals surface area (Å²) in [6.45, 7) is 7.82. The number of ether oxygens (including phenoxy) is 1. The molecule has 0 radical (unpaired) electrons. The van der Waals surface area contributed by atoms with Crippen LogP contribution in [0.5, 0.6) is 5.75 Å². The minimum Gasteiger partial charge on any atom is -0.497 e. The molecular formula is C20H20F3NO. The van der Waals surface area contributed by atoms with Crippen LogP contribution >= 0.6 is 0 Å². The monoisotopic (exact) mass is 347 g/mol. The number of hydrogen-bond donors (Lipinski definition) is 1. The summed E-state index contributed by atoms with van der Waals surface area (Å²) in [5.41, 5.74) is 1.20. The van der Waals surface area contributed by atoms with E-state index in [9.17, 15) is 13.2 Å². The number of methoxy groups -OCH3 is 1. The minimum atomic E-state index is -4.45. The number of benzene rings is 2. The molecule has 0 fully saturated rings. The Kier molecular flexibility index (Phi) is 5.57. The first-order valence-electron chi connectivity index (χ1n) is 7.67. The molecule has 2 aromatic rings. The van der Waals surface area contributed by atoms with Crippen LogP contribution in [0.15, 0.2) is 54.1 Å². The van der Waals surface area contributed by atoms with E-state index in [4.69, 9.17) is 4.74 Å². The molecule has 0 aliphatic carbocycles. The molecule has 0 atom stereocenters. The molecule has 0 aliphatic heterocycles. The summed E-state index contributed by atoms with van der Waals surface area (Å²) >= 11 is 0. The van der Waals surface area contributed by atoms with E-state index in [1.165, 1.54) is 13.2 Å². The van der Waals surface area contributed by atoms with Crippen molar-refractivity contribution in [3.8, 4) is 5.75 Å². The number of anilines is 1. The van der Waals surface area contributed by atoms with Gasteiger partial charge >= 0.3 is 6.18 Å². The second-order valence-corrected chi connectivity index (χ2v) is 5.87. The van der Waals surface area contributed by atoms with Gasteiger partial charge in [-0.3, -0.25) is 0 Å². The van der Waals surface area contributed by atoms with Crippen LogP contribution in [0, 0.1) is 0 Å². The summed E-state index contributed by atoms with van der Waals surface area (Å²) in [7, 11) is 1.34. The molecule has 0 heterocycles. The lowest BCUT2D eigenvalue weighted by Gasteiger charge is -2.14. The zero-order valence-corrected chi connectivity index (χ0v) is 14.4. The van der Waals surface area contributed by atoms with Crippen molar-refractivity contribution < 1.29 is 17.9 Å². The Bertz CT molecular complexity index is 894. The van der Waals surface area contributed by atoms with Crippen LogP contribution in [-0.2, 0) is 6.18 Å². The largest absolute Gasteiger partial charge is 0.497 e. The summed E-state index contributed by atoms with van der Waals surface area (Å²) in [6, 6.07) is 11.0. The number of nitrogens with one attached hydrogen (secondary N) is 1. The highest BCUT2D eigenvalue weighted by Gasteiger charge is 2.31. The van der Waals surface area contributed by atoms with Crippen molar-refractivity contribution in [1.29, 1.82) is 0 Å². The van der Waals surface area contributed by atoms with Gasteiger partial charge < -0.3 is 10.1 Å². The quantitative estimate of drug-likeness (QED) is 0.890. The maximum atomic E-state index is 13.1. The zero-order valence-electron chi connectivity index (χ0n) is 14.4. The van der Waals surface area contributed by atoms with Gasteiger partial charge in [0.15, 0.2) is 0 Å². The van der Waals surface area contributed by atoms with Crippen molar-refractivity contribution in [2.24, 2.45) is 0 Å². The van der Waals surface area contributed by atoms with Crippen LogP contribution in [0.25, 0.3) is 12.3 Å². The average Bonchev–Trinajstić information content (AvgIpc) is 2.53. The number of hydrogen-bond acceptors (Lipinski definition) is 2. The van der Waals surface area contributed by atoms with Gasteiger partial charge in [-0.2, -0.15) is 13.2 Å². The Morgan fingerprint density at radius 1 is 1.12 bits per heavy atom. The highest BCUT2D eigenvalue weighted by molar-refractivity contribution is 5.73. The van der Waals surface area contributed by atoms with E-state index in [0.29, 0.717) is 11.4 Å². The maximum absolute atomic E-state index is 13.1. The molecule has 5 heteroatoms. The first-order valence-corrected chi connectivity index (χ1v) is 7.67. The van der Waals surface area contributed by atoms with Crippen molar-refractivity contribution in [3.63, 3.8) is 0 Å². The second kappa shape index (κ2) is 7.47. The lowest BCUT2D eigenvalue weighted by Crippen LogP contribution is -2.27. The van der Waals surface area contributed by atoms with E-state index >= 15 is 0 Å². The Morgan fingerprint density at radius 2 is 1.80 bits per heavy atom. The van der Waals surface area contributed by atoms with Gasteiger partial charge in [-0.15, -0.1) is 0 Å². The molecule has 0 saturated carbocycles. The van der Waals surface area contributed by atoms with E-state index < -0.39 is 11.7 Å². The van der Waals surface area contributed by atoms with Gasteiger partial charge in [-0.25, -0.2) is 0 Å². The molecule has 1 N–H and O–H groups in total. The number of alkyl halides is 3. The van der Waals surface area contributed by atoms with E-state index in [-0.39, 0.29) is 5.75 Å². The van der Waals surface area contributed by atoms with Crippen molar-refractivity contribution in [2.75, 3.05) is 12.4 Å². The second-order valence-electron chi connectivity index (χ2n) is 5.87. The van der Waals surface area contributed by atoms with E-state index in [0.717, 1.165) is 28.1 Å². The van der Waals surface area contributed by atoms with Crippen LogP contribution < -0.4 is 20.5 Å². The van der Waals surface area contributed by atoms with E-state index in [1.54, 1.807) is 0 Å². The van der Waals surface area contributed by atoms with E-state index in [1.807, 2.05) is 44.2 Å². The maximum Gasteiger partial charge on any atom is 0.416 e. The predicted octanol–water partition coefficient (Wildman–Crippen LogP) is 4.31. The summed E-state index contributed by atoms with van der Waals surface area (Å²) in [5, 5.41) is 4.67. The fraction of sp³-hybridized carbons (Fsp3) is 0.200. The fourth-order valence-electron chi connectivity index (χ4n) is 2.36. The molecule has 0 bridgehead atoms. The van der Waals surface area contributed by atoms with Gasteiger partial charge in [0.05, 0.1) is 12.7 Å². The van der Waals surface area contributed by atoms with Gasteiger partial charge in [-0.05, 0) is 37.3 Å². The lowest BCUT2D eigenvalue weighted by molar-refractivity contribution is -0.137. The molecule has 0 aliphatic rings. The summed E-state index contributed by atoms with van der Waals surface area (Å²) in [5.74, 6) is 0.136. The molecule has 2 nitrogen and oxygen atoms in total. The lowest BCUT2D eigenvalue weighted by atomic mass is 10.1. The fourth-order valence-corrected chi connectivity index (χ4v) is 2.36. The van der Waals surface area contributed by atoms with Crippen molar-refractivity contribution in [3.05, 3.63) is 70.1 Å². The van der Waals surface area contributed by atoms with Crippen molar-refractivity contribution in [2.45, 2.75) is 20.0 Å². The van der Waals surface area contributed by atoms with Crippen molar-refractivity contribution in [1.82, 2.24) is 0 Å². The molecule has 0 amide bonds. The topological polar surface area (TPSA) is 21.3 Å². The Hall–Kier alpha value is -2.69. The van der Waals surface area contributed by atoms with Crippen LogP contribution in [-0.4, -0.2) is 7.11 Å². The van der Waals surface area contributed by atoms with Crippen LogP contribution in [0.1, 0.15) is 19.4 Å². The molecule has 0 aromatic heterocycles. The third kappa shape index (κ3) is 4.89. The van der Waals surface area contributed by atoms with Gasteiger partial charge in [0.1, 0.15) is 5.75 Å². The molecule has 0 saturated heterocycles. The first-order chi connectivity index (χ1) is 11.7. The minimum absolute atomic E-state index is 0.136. The summed E-state index contributed by atoms with van der Waals surface area (Å²) in [4.78, 5) is 0. The molecule has 2 aromatic carbocycles. The third-order valence-corrected chi connectivity index (χ3v) is 3.49. The first kappa shape index (κ1) is 18.6. The standard InChI is InChI=1S/C20H20F3NO/c1-13(2)9-19(18-8-6-5-7-14(18)3)24-16-10-15(20(21,22)23)11-17(12-16)25-4/h5-12,24H,3H2,1-2,4H3/b19-18+. The van der Waals surface area contributed by atoms with Gasteiger partial charge in [0, 0.05) is 22.7 Å². The summed E-state index contributed by atoms with van der Waals surface area (Å²) < 4.78 is 44.3. The normalized spacial score (nSPS) is 12.4. The zero-order chi connectivity index (χ0) is 18.6. The summed E-state index contributed by atoms with van der Waals surface area (Å²) in [6.07, 6.45) is -2.58. The van der Waals surface area contributed by atoms with E-state index in [2.05, 4.69) is 11.9 Å². The van der Waals surface area contributed by atoms with Gasteiger partial charge in [0.2, 0.25) is 0 Å². The third-order valence-electron chi connectivity index (χ3n) is 3.49. The van der Waals surface area contributed by atoms with Crippen LogP contribution in [0.3, 0.4) is 0 Å². The SMILES string of the molecule is C=c1cccc/c1=C(/C=C(C)C)Nc1cc(OC)cc(C(F)(F)F)c1. The number of halogens is 3. The predicted molar refractivity (Wildman–Crippen MR) is 95.7 cm³/mol. The molecule has 0 spiro atoms. The number of allylic oxidation sites excluding steroid dienone is 1. The average molecular weight is 347 g/mol. The Morgan fingerprint density at radius 3 is 2.36 bits per heavy atom. The molecule has 0 unspecified atom stereocenters. The highest BCUT2D eigenvalue weighted by Crippen LogP contribution is 2.34. The number of rotatable bonds is 4. The van der Waals surface area contributed by atoms with Crippen LogP contribution in [0.2, 0.25) is 0 Å². The molecule has 25 heavy (non-hydrogen) atoms. The Balaban J connectivity index is 2.62. The highest BCUT2D eigenvalue weighted by atomic mass is 19.4. The molecular weight excluding hydrogens is 327 g/mol. The molecule has 132 valence electrons. The van der Waals surface area contributed by atoms with Crippen LogP contribution in [0.4, 0.5) is 18.9 Å². The van der Waals surface area contributed by atoms with Gasteiger partial charge in [-0.1, -0.05) is 36.4 Å². The Labute approximate surface area is 144 Å². The van der Waals surface area contributed by atoms with Crippen molar-refractivity contribution >= 4 is 18.0 Å².